The van der Waals surface area contributed by atoms with Crippen LogP contribution in [0.2, 0.25) is 0 Å². The van der Waals surface area contributed by atoms with E-state index in [9.17, 15) is 0 Å². The quantitative estimate of drug-likeness (QED) is 0.884. The first-order chi connectivity index (χ1) is 8.28. The van der Waals surface area contributed by atoms with Gasteiger partial charge in [0, 0.05) is 12.6 Å². The van der Waals surface area contributed by atoms with Crippen LogP contribution >= 0.6 is 11.3 Å². The number of anilines is 1. The number of hydrogen-bond donors (Lipinski definition) is 1. The van der Waals surface area contributed by atoms with E-state index in [1.165, 1.54) is 5.56 Å². The largest absolute Gasteiger partial charge is 0.481 e. The van der Waals surface area contributed by atoms with Crippen molar-refractivity contribution in [3.05, 3.63) is 34.3 Å². The third-order valence-corrected chi connectivity index (χ3v) is 3.06. The summed E-state index contributed by atoms with van der Waals surface area (Å²) in [4.78, 5) is 8.44. The van der Waals surface area contributed by atoms with Crippen molar-refractivity contribution >= 4 is 17.2 Å². The third-order valence-electron chi connectivity index (χ3n) is 2.32. The zero-order valence-corrected chi connectivity index (χ0v) is 10.8. The summed E-state index contributed by atoms with van der Waals surface area (Å²) in [6.07, 6.45) is 0.995. The molecule has 2 aromatic heterocycles. The second-order valence-corrected chi connectivity index (χ2v) is 4.43. The number of hydrogen-bond acceptors (Lipinski definition) is 5. The van der Waals surface area contributed by atoms with E-state index < -0.39 is 0 Å². The number of nitrogens with one attached hydrogen (secondary N) is 1. The molecule has 0 fully saturated rings. The Kier molecular flexibility index (Phi) is 3.93. The number of ether oxygens (including phenoxy) is 1. The molecule has 0 amide bonds. The normalized spacial score (nSPS) is 10.2. The molecule has 17 heavy (non-hydrogen) atoms. The number of thiophene rings is 1. The average molecular weight is 249 g/mol. The van der Waals surface area contributed by atoms with Crippen molar-refractivity contribution in [1.29, 1.82) is 0 Å². The van der Waals surface area contributed by atoms with E-state index in [1.807, 2.05) is 6.92 Å². The highest BCUT2D eigenvalue weighted by atomic mass is 32.1. The topological polar surface area (TPSA) is 47.0 Å². The van der Waals surface area contributed by atoms with Crippen LogP contribution in [0.15, 0.2) is 22.9 Å². The van der Waals surface area contributed by atoms with Crippen molar-refractivity contribution < 1.29 is 4.74 Å². The Morgan fingerprint density at radius 1 is 1.41 bits per heavy atom. The minimum Gasteiger partial charge on any atom is -0.481 e. The minimum absolute atomic E-state index is 0.593. The maximum absolute atomic E-state index is 5.10. The van der Waals surface area contributed by atoms with Gasteiger partial charge in [0.15, 0.2) is 0 Å². The highest BCUT2D eigenvalue weighted by Gasteiger charge is 2.01. The van der Waals surface area contributed by atoms with E-state index in [2.05, 4.69) is 32.1 Å². The third kappa shape index (κ3) is 3.42. The molecule has 2 heterocycles. The van der Waals surface area contributed by atoms with E-state index in [0.29, 0.717) is 11.7 Å². The first kappa shape index (κ1) is 11.9. The molecule has 0 atom stereocenters. The Morgan fingerprint density at radius 2 is 2.29 bits per heavy atom. The molecule has 4 nitrogen and oxygen atoms in total. The van der Waals surface area contributed by atoms with Crippen molar-refractivity contribution in [1.82, 2.24) is 9.97 Å². The van der Waals surface area contributed by atoms with E-state index >= 15 is 0 Å². The summed E-state index contributed by atoms with van der Waals surface area (Å²) < 4.78 is 5.10. The van der Waals surface area contributed by atoms with E-state index in [4.69, 9.17) is 4.74 Å². The second kappa shape index (κ2) is 5.63. The van der Waals surface area contributed by atoms with Crippen LogP contribution < -0.4 is 10.1 Å². The lowest BCUT2D eigenvalue weighted by molar-refractivity contribution is 0.396. The fourth-order valence-corrected chi connectivity index (χ4v) is 2.21. The molecule has 0 radical (unpaired) electrons. The van der Waals surface area contributed by atoms with Crippen molar-refractivity contribution in [2.75, 3.05) is 19.0 Å². The molecule has 1 N–H and O–H groups in total. The van der Waals surface area contributed by atoms with Gasteiger partial charge in [-0.1, -0.05) is 0 Å². The van der Waals surface area contributed by atoms with Gasteiger partial charge in [0.25, 0.3) is 0 Å². The van der Waals surface area contributed by atoms with Crippen LogP contribution in [0.5, 0.6) is 5.88 Å². The molecule has 0 saturated heterocycles. The van der Waals surface area contributed by atoms with Gasteiger partial charge in [-0.25, -0.2) is 4.98 Å². The van der Waals surface area contributed by atoms with Crippen molar-refractivity contribution in [3.63, 3.8) is 0 Å². The number of methoxy groups -OCH3 is 1. The monoisotopic (exact) mass is 249 g/mol. The molecule has 0 aliphatic rings. The van der Waals surface area contributed by atoms with E-state index in [1.54, 1.807) is 24.5 Å². The smallest absolute Gasteiger partial charge is 0.218 e. The van der Waals surface area contributed by atoms with E-state index in [0.717, 1.165) is 18.8 Å². The molecule has 0 aliphatic heterocycles. The fraction of sp³-hybridized carbons (Fsp3) is 0.333. The summed E-state index contributed by atoms with van der Waals surface area (Å²) in [5, 5.41) is 7.52. The number of rotatable bonds is 5. The lowest BCUT2D eigenvalue weighted by Gasteiger charge is -2.07. The molecule has 2 rings (SSSR count). The molecule has 0 saturated carbocycles. The van der Waals surface area contributed by atoms with Crippen LogP contribution in [-0.2, 0) is 6.42 Å². The zero-order chi connectivity index (χ0) is 12.1. The molecule has 90 valence electrons. The molecule has 0 spiro atoms. The van der Waals surface area contributed by atoms with Crippen LogP contribution in [-0.4, -0.2) is 23.6 Å². The van der Waals surface area contributed by atoms with Gasteiger partial charge in [0.2, 0.25) is 5.88 Å². The van der Waals surface area contributed by atoms with Gasteiger partial charge in [-0.2, -0.15) is 16.3 Å². The molecule has 5 heteroatoms. The van der Waals surface area contributed by atoms with E-state index in [-0.39, 0.29) is 0 Å². The molecule has 0 unspecified atom stereocenters. The summed E-state index contributed by atoms with van der Waals surface area (Å²) in [6, 6.07) is 3.94. The van der Waals surface area contributed by atoms with Gasteiger partial charge in [-0.15, -0.1) is 0 Å². The standard InChI is InChI=1S/C12H15N3OS/c1-9-14-11(7-12(15-9)16-2)13-5-3-10-4-6-17-8-10/h4,6-8H,3,5H2,1-2H3,(H,13,14,15). The first-order valence-electron chi connectivity index (χ1n) is 5.42. The summed E-state index contributed by atoms with van der Waals surface area (Å²) >= 11 is 1.72. The highest BCUT2D eigenvalue weighted by Crippen LogP contribution is 2.13. The predicted octanol–water partition coefficient (Wildman–Crippen LogP) is 2.51. The van der Waals surface area contributed by atoms with Gasteiger partial charge in [0.1, 0.15) is 11.6 Å². The molecule has 0 bridgehead atoms. The molecule has 0 aliphatic carbocycles. The van der Waals surface area contributed by atoms with Gasteiger partial charge in [0.05, 0.1) is 7.11 Å². The minimum atomic E-state index is 0.593. The molecular formula is C12H15N3OS. The maximum Gasteiger partial charge on any atom is 0.218 e. The van der Waals surface area contributed by atoms with Gasteiger partial charge in [-0.3, -0.25) is 0 Å². The number of aromatic nitrogens is 2. The number of aryl methyl sites for hydroxylation is 1. The zero-order valence-electron chi connectivity index (χ0n) is 9.93. The second-order valence-electron chi connectivity index (χ2n) is 3.65. The average Bonchev–Trinajstić information content (AvgIpc) is 2.81. The molecular weight excluding hydrogens is 234 g/mol. The Labute approximate surface area is 105 Å². The van der Waals surface area contributed by atoms with Gasteiger partial charge >= 0.3 is 0 Å². The Balaban J connectivity index is 1.92. The predicted molar refractivity (Wildman–Crippen MR) is 69.8 cm³/mol. The van der Waals surface area contributed by atoms with Crippen LogP contribution in [0.4, 0.5) is 5.82 Å². The summed E-state index contributed by atoms with van der Waals surface area (Å²) in [5.74, 6) is 2.11. The van der Waals surface area contributed by atoms with Crippen molar-refractivity contribution in [2.24, 2.45) is 0 Å². The summed E-state index contributed by atoms with van der Waals surface area (Å²) in [6.45, 7) is 2.71. The Hall–Kier alpha value is -1.62. The Morgan fingerprint density at radius 3 is 3.00 bits per heavy atom. The first-order valence-corrected chi connectivity index (χ1v) is 6.37. The summed E-state index contributed by atoms with van der Waals surface area (Å²) in [7, 11) is 1.61. The van der Waals surface area contributed by atoms with Gasteiger partial charge in [-0.05, 0) is 35.7 Å². The van der Waals surface area contributed by atoms with Gasteiger partial charge < -0.3 is 10.1 Å². The highest BCUT2D eigenvalue weighted by molar-refractivity contribution is 7.07. The Bertz CT molecular complexity index is 471. The molecule has 2 aromatic rings. The fourth-order valence-electron chi connectivity index (χ4n) is 1.51. The van der Waals surface area contributed by atoms with Crippen LogP contribution in [0.1, 0.15) is 11.4 Å². The SMILES string of the molecule is COc1cc(NCCc2ccsc2)nc(C)n1. The van der Waals surface area contributed by atoms with Crippen LogP contribution in [0.25, 0.3) is 0 Å². The van der Waals surface area contributed by atoms with Crippen LogP contribution in [0, 0.1) is 6.92 Å². The molecule has 0 aromatic carbocycles. The maximum atomic E-state index is 5.10. The van der Waals surface area contributed by atoms with Crippen LogP contribution in [0.3, 0.4) is 0 Å². The lowest BCUT2D eigenvalue weighted by Crippen LogP contribution is -2.07. The summed E-state index contributed by atoms with van der Waals surface area (Å²) in [5.41, 5.74) is 1.35. The number of nitrogens with zero attached hydrogens (tertiary/aromatic N) is 2. The van der Waals surface area contributed by atoms with Crippen molar-refractivity contribution in [2.45, 2.75) is 13.3 Å². The lowest BCUT2D eigenvalue weighted by atomic mass is 10.2. The van der Waals surface area contributed by atoms with Crippen molar-refractivity contribution in [3.8, 4) is 5.88 Å².